The van der Waals surface area contributed by atoms with Crippen molar-refractivity contribution < 1.29 is 12.8 Å². The smallest absolute Gasteiger partial charge is 0.244 e. The van der Waals surface area contributed by atoms with Crippen molar-refractivity contribution in [2.24, 2.45) is 5.73 Å². The summed E-state index contributed by atoms with van der Waals surface area (Å²) >= 11 is 3.15. The van der Waals surface area contributed by atoms with Crippen LogP contribution < -0.4 is 5.73 Å². The van der Waals surface area contributed by atoms with Crippen LogP contribution in [0, 0.1) is 5.82 Å². The van der Waals surface area contributed by atoms with E-state index in [2.05, 4.69) is 15.9 Å². The van der Waals surface area contributed by atoms with Crippen molar-refractivity contribution in [3.05, 3.63) is 28.5 Å². The molecule has 100 valence electrons. The van der Waals surface area contributed by atoms with E-state index in [-0.39, 0.29) is 17.5 Å². The minimum absolute atomic E-state index is 0.0390. The topological polar surface area (TPSA) is 63.4 Å². The van der Waals surface area contributed by atoms with Crippen LogP contribution in [0.15, 0.2) is 27.6 Å². The first kappa shape index (κ1) is 13.9. The molecular weight excluding hydrogens is 323 g/mol. The van der Waals surface area contributed by atoms with Gasteiger partial charge in [0.15, 0.2) is 0 Å². The molecule has 1 aromatic rings. The lowest BCUT2D eigenvalue weighted by Crippen LogP contribution is -2.40. The van der Waals surface area contributed by atoms with E-state index in [9.17, 15) is 12.8 Å². The van der Waals surface area contributed by atoms with Crippen LogP contribution in [0.2, 0.25) is 0 Å². The Morgan fingerprint density at radius 2 is 2.22 bits per heavy atom. The van der Waals surface area contributed by atoms with Gasteiger partial charge in [0, 0.05) is 23.6 Å². The van der Waals surface area contributed by atoms with E-state index >= 15 is 0 Å². The molecule has 1 fully saturated rings. The molecule has 0 aliphatic carbocycles. The largest absolute Gasteiger partial charge is 0.329 e. The highest BCUT2D eigenvalue weighted by Gasteiger charge is 2.35. The summed E-state index contributed by atoms with van der Waals surface area (Å²) in [5, 5.41) is 0. The average Bonchev–Trinajstić information content (AvgIpc) is 2.81. The lowest BCUT2D eigenvalue weighted by atomic mass is 10.2. The van der Waals surface area contributed by atoms with Crippen LogP contribution in [-0.2, 0) is 10.0 Å². The van der Waals surface area contributed by atoms with Crippen LogP contribution in [0.3, 0.4) is 0 Å². The molecule has 0 bridgehead atoms. The zero-order chi connectivity index (χ0) is 13.3. The molecule has 0 saturated carbocycles. The lowest BCUT2D eigenvalue weighted by molar-refractivity contribution is 0.392. The quantitative estimate of drug-likeness (QED) is 0.913. The molecule has 1 atom stereocenters. The van der Waals surface area contributed by atoms with E-state index < -0.39 is 15.8 Å². The highest BCUT2D eigenvalue weighted by Crippen LogP contribution is 2.30. The molecule has 4 nitrogen and oxygen atoms in total. The minimum atomic E-state index is -3.69. The Kier molecular flexibility index (Phi) is 4.05. The van der Waals surface area contributed by atoms with Gasteiger partial charge in [-0.05, 0) is 47.0 Å². The molecule has 2 N–H and O–H groups in total. The second-order valence-corrected chi connectivity index (χ2v) is 6.94. The molecule has 1 aliphatic rings. The predicted octanol–water partition coefficient (Wildman–Crippen LogP) is 1.70. The number of halogens is 2. The monoisotopic (exact) mass is 336 g/mol. The lowest BCUT2D eigenvalue weighted by Gasteiger charge is -2.23. The van der Waals surface area contributed by atoms with Crippen molar-refractivity contribution in [3.8, 4) is 0 Å². The standard InChI is InChI=1S/C11H14BrFN2O2S/c12-10-4-3-8(13)6-11(10)18(16,17)15-5-1-2-9(15)7-14/h3-4,6,9H,1-2,5,7,14H2/t9-/m1/s1. The summed E-state index contributed by atoms with van der Waals surface area (Å²) in [5.41, 5.74) is 5.58. The highest BCUT2D eigenvalue weighted by atomic mass is 79.9. The summed E-state index contributed by atoms with van der Waals surface area (Å²) in [6, 6.07) is 3.46. The van der Waals surface area contributed by atoms with Gasteiger partial charge in [-0.3, -0.25) is 0 Å². The number of benzene rings is 1. The third kappa shape index (κ3) is 2.45. The Morgan fingerprint density at radius 1 is 1.50 bits per heavy atom. The maximum Gasteiger partial charge on any atom is 0.244 e. The van der Waals surface area contributed by atoms with Gasteiger partial charge in [-0.15, -0.1) is 0 Å². The molecule has 1 aromatic carbocycles. The zero-order valence-corrected chi connectivity index (χ0v) is 12.0. The molecule has 0 aromatic heterocycles. The Balaban J connectivity index is 2.45. The van der Waals surface area contributed by atoms with Gasteiger partial charge >= 0.3 is 0 Å². The van der Waals surface area contributed by atoms with Gasteiger partial charge in [0.25, 0.3) is 0 Å². The van der Waals surface area contributed by atoms with Gasteiger partial charge in [0.1, 0.15) is 5.82 Å². The average molecular weight is 337 g/mol. The van der Waals surface area contributed by atoms with E-state index in [0.29, 0.717) is 11.0 Å². The van der Waals surface area contributed by atoms with E-state index in [1.165, 1.54) is 16.4 Å². The highest BCUT2D eigenvalue weighted by molar-refractivity contribution is 9.10. The van der Waals surface area contributed by atoms with Gasteiger partial charge in [0.2, 0.25) is 10.0 Å². The van der Waals surface area contributed by atoms with Crippen LogP contribution in [0.1, 0.15) is 12.8 Å². The van der Waals surface area contributed by atoms with E-state index in [4.69, 9.17) is 5.73 Å². The van der Waals surface area contributed by atoms with Crippen molar-refractivity contribution in [2.45, 2.75) is 23.8 Å². The first-order valence-corrected chi connectivity index (χ1v) is 7.87. The van der Waals surface area contributed by atoms with Crippen LogP contribution in [0.5, 0.6) is 0 Å². The summed E-state index contributed by atoms with van der Waals surface area (Å²) in [6.07, 6.45) is 1.54. The molecule has 7 heteroatoms. The maximum atomic E-state index is 13.2. The second-order valence-electron chi connectivity index (χ2n) is 4.22. The number of hydrogen-bond acceptors (Lipinski definition) is 3. The zero-order valence-electron chi connectivity index (χ0n) is 9.64. The van der Waals surface area contributed by atoms with E-state index in [1.54, 1.807) is 0 Å². The van der Waals surface area contributed by atoms with Gasteiger partial charge in [-0.1, -0.05) is 0 Å². The molecule has 0 radical (unpaired) electrons. The van der Waals surface area contributed by atoms with Crippen LogP contribution >= 0.6 is 15.9 Å². The first-order chi connectivity index (χ1) is 8.46. The SMILES string of the molecule is NC[C@H]1CCCN1S(=O)(=O)c1cc(F)ccc1Br. The Bertz CT molecular complexity index is 550. The van der Waals surface area contributed by atoms with Gasteiger partial charge in [-0.2, -0.15) is 4.31 Å². The Labute approximate surface area is 114 Å². The number of hydrogen-bond donors (Lipinski definition) is 1. The molecule has 18 heavy (non-hydrogen) atoms. The molecular formula is C11H14BrFN2O2S. The number of sulfonamides is 1. The van der Waals surface area contributed by atoms with E-state index in [1.807, 2.05) is 0 Å². The Hall–Kier alpha value is -0.500. The number of nitrogens with zero attached hydrogens (tertiary/aromatic N) is 1. The normalized spacial score (nSPS) is 21.4. The minimum Gasteiger partial charge on any atom is -0.329 e. The molecule has 0 amide bonds. The van der Waals surface area contributed by atoms with Crippen molar-refractivity contribution in [3.63, 3.8) is 0 Å². The van der Waals surface area contributed by atoms with Gasteiger partial charge < -0.3 is 5.73 Å². The summed E-state index contributed by atoms with van der Waals surface area (Å²) < 4.78 is 39.9. The summed E-state index contributed by atoms with van der Waals surface area (Å²) in [5.74, 6) is -0.569. The van der Waals surface area contributed by atoms with Crippen molar-refractivity contribution in [1.29, 1.82) is 0 Å². The molecule has 1 saturated heterocycles. The van der Waals surface area contributed by atoms with Crippen molar-refractivity contribution in [1.82, 2.24) is 4.31 Å². The first-order valence-electron chi connectivity index (χ1n) is 5.64. The fourth-order valence-electron chi connectivity index (χ4n) is 2.16. The van der Waals surface area contributed by atoms with Crippen molar-refractivity contribution >= 4 is 26.0 Å². The Morgan fingerprint density at radius 3 is 2.89 bits per heavy atom. The second kappa shape index (κ2) is 5.24. The maximum absolute atomic E-state index is 13.2. The predicted molar refractivity (Wildman–Crippen MR) is 70.1 cm³/mol. The molecule has 1 heterocycles. The molecule has 0 unspecified atom stereocenters. The molecule has 0 spiro atoms. The number of nitrogens with two attached hydrogens (primary N) is 1. The number of rotatable bonds is 3. The summed E-state index contributed by atoms with van der Waals surface area (Å²) in [7, 11) is -3.69. The summed E-state index contributed by atoms with van der Waals surface area (Å²) in [4.78, 5) is -0.0390. The van der Waals surface area contributed by atoms with Crippen LogP contribution in [-0.4, -0.2) is 31.9 Å². The third-order valence-electron chi connectivity index (χ3n) is 3.08. The van der Waals surface area contributed by atoms with Gasteiger partial charge in [0.05, 0.1) is 4.90 Å². The fourth-order valence-corrected chi connectivity index (χ4v) is 4.80. The van der Waals surface area contributed by atoms with Crippen LogP contribution in [0.25, 0.3) is 0 Å². The molecule has 2 rings (SSSR count). The van der Waals surface area contributed by atoms with Gasteiger partial charge in [-0.25, -0.2) is 12.8 Å². The molecule has 1 aliphatic heterocycles. The fraction of sp³-hybridized carbons (Fsp3) is 0.455. The third-order valence-corrected chi connectivity index (χ3v) is 6.02. The van der Waals surface area contributed by atoms with E-state index in [0.717, 1.165) is 18.9 Å². The van der Waals surface area contributed by atoms with Crippen LogP contribution in [0.4, 0.5) is 4.39 Å². The summed E-state index contributed by atoms with van der Waals surface area (Å²) in [6.45, 7) is 0.722. The van der Waals surface area contributed by atoms with Crippen molar-refractivity contribution in [2.75, 3.05) is 13.1 Å².